The monoisotopic (exact) mass is 313 g/mol. The molecular weight excluding hydrogens is 290 g/mol. The first-order valence-electron chi connectivity index (χ1n) is 8.27. The number of nitrogens with one attached hydrogen (secondary N) is 2. The second-order valence-electron chi connectivity index (χ2n) is 6.44. The number of nitrogens with two attached hydrogens (primary N) is 1. The van der Waals surface area contributed by atoms with E-state index in [0.29, 0.717) is 18.8 Å². The lowest BCUT2D eigenvalue weighted by Crippen LogP contribution is -2.46. The van der Waals surface area contributed by atoms with E-state index in [4.69, 9.17) is 5.73 Å². The Morgan fingerprint density at radius 2 is 2.00 bits per heavy atom. The fourth-order valence-corrected chi connectivity index (χ4v) is 3.47. The number of rotatable bonds is 6. The van der Waals surface area contributed by atoms with Gasteiger partial charge in [-0.05, 0) is 30.4 Å². The Bertz CT molecular complexity index is 701. The predicted octanol–water partition coefficient (Wildman–Crippen LogP) is 2.26. The zero-order valence-electron chi connectivity index (χ0n) is 13.2. The number of fused-ring (bicyclic) bond motifs is 1. The van der Waals surface area contributed by atoms with Gasteiger partial charge in [-0.25, -0.2) is 0 Å². The van der Waals surface area contributed by atoms with Crippen molar-refractivity contribution in [1.82, 2.24) is 10.3 Å². The van der Waals surface area contributed by atoms with Gasteiger partial charge in [0.2, 0.25) is 11.8 Å². The van der Waals surface area contributed by atoms with Crippen molar-refractivity contribution >= 4 is 22.7 Å². The first-order valence-corrected chi connectivity index (χ1v) is 8.27. The maximum absolute atomic E-state index is 12.2. The number of benzene rings is 1. The predicted molar refractivity (Wildman–Crippen MR) is 89.7 cm³/mol. The van der Waals surface area contributed by atoms with E-state index < -0.39 is 11.9 Å². The number of H-pyrrole nitrogens is 1. The summed E-state index contributed by atoms with van der Waals surface area (Å²) < 4.78 is 0. The minimum atomic E-state index is -0.664. The SMILES string of the molecule is NC(=O)[C@@H](Cc1c[nH]c2ccccc12)NC(=O)CC1CCCC1. The molecule has 0 aliphatic heterocycles. The van der Waals surface area contributed by atoms with E-state index in [0.717, 1.165) is 29.3 Å². The van der Waals surface area contributed by atoms with E-state index in [9.17, 15) is 9.59 Å². The quantitative estimate of drug-likeness (QED) is 0.764. The molecule has 122 valence electrons. The number of aromatic amines is 1. The largest absolute Gasteiger partial charge is 0.368 e. The Labute approximate surface area is 135 Å². The lowest BCUT2D eigenvalue weighted by Gasteiger charge is -2.17. The Morgan fingerprint density at radius 3 is 2.74 bits per heavy atom. The fourth-order valence-electron chi connectivity index (χ4n) is 3.47. The van der Waals surface area contributed by atoms with Crippen LogP contribution in [0.1, 0.15) is 37.7 Å². The molecule has 3 rings (SSSR count). The van der Waals surface area contributed by atoms with Crippen molar-refractivity contribution in [2.24, 2.45) is 11.7 Å². The molecule has 2 aromatic rings. The average Bonchev–Trinajstić information content (AvgIpc) is 3.16. The number of aromatic nitrogens is 1. The van der Waals surface area contributed by atoms with Crippen LogP contribution in [0.5, 0.6) is 0 Å². The van der Waals surface area contributed by atoms with Crippen LogP contribution in [-0.2, 0) is 16.0 Å². The summed E-state index contributed by atoms with van der Waals surface area (Å²) >= 11 is 0. The van der Waals surface area contributed by atoms with E-state index in [1.807, 2.05) is 30.5 Å². The first kappa shape index (κ1) is 15.6. The van der Waals surface area contributed by atoms with Crippen molar-refractivity contribution < 1.29 is 9.59 Å². The summed E-state index contributed by atoms with van der Waals surface area (Å²) in [5.74, 6) is -0.104. The molecule has 0 saturated heterocycles. The third-order valence-corrected chi connectivity index (χ3v) is 4.73. The molecule has 1 aliphatic rings. The smallest absolute Gasteiger partial charge is 0.240 e. The maximum Gasteiger partial charge on any atom is 0.240 e. The highest BCUT2D eigenvalue weighted by molar-refractivity contribution is 5.88. The number of primary amides is 1. The molecule has 1 aromatic carbocycles. The van der Waals surface area contributed by atoms with Crippen molar-refractivity contribution in [2.45, 2.75) is 44.6 Å². The molecule has 5 nitrogen and oxygen atoms in total. The zero-order chi connectivity index (χ0) is 16.2. The van der Waals surface area contributed by atoms with Gasteiger partial charge in [0.1, 0.15) is 6.04 Å². The van der Waals surface area contributed by atoms with Crippen LogP contribution in [-0.4, -0.2) is 22.8 Å². The van der Waals surface area contributed by atoms with Crippen molar-refractivity contribution in [3.05, 3.63) is 36.0 Å². The minimum Gasteiger partial charge on any atom is -0.368 e. The molecule has 2 amide bonds. The van der Waals surface area contributed by atoms with Crippen LogP contribution in [0.25, 0.3) is 10.9 Å². The van der Waals surface area contributed by atoms with Gasteiger partial charge in [-0.15, -0.1) is 0 Å². The Balaban J connectivity index is 1.66. The number of hydrogen-bond acceptors (Lipinski definition) is 2. The molecule has 0 spiro atoms. The van der Waals surface area contributed by atoms with Gasteiger partial charge < -0.3 is 16.0 Å². The van der Waals surface area contributed by atoms with Crippen molar-refractivity contribution in [3.8, 4) is 0 Å². The van der Waals surface area contributed by atoms with Crippen molar-refractivity contribution in [2.75, 3.05) is 0 Å². The van der Waals surface area contributed by atoms with Crippen LogP contribution in [0.3, 0.4) is 0 Å². The first-order chi connectivity index (χ1) is 11.1. The summed E-state index contributed by atoms with van der Waals surface area (Å²) in [6, 6.07) is 7.23. The normalized spacial score (nSPS) is 16.5. The van der Waals surface area contributed by atoms with Crippen LogP contribution in [0.4, 0.5) is 0 Å². The molecule has 4 N–H and O–H groups in total. The second kappa shape index (κ2) is 6.86. The third-order valence-electron chi connectivity index (χ3n) is 4.73. The second-order valence-corrected chi connectivity index (χ2v) is 6.44. The lowest BCUT2D eigenvalue weighted by atomic mass is 10.0. The molecule has 1 aromatic heterocycles. The summed E-state index contributed by atoms with van der Waals surface area (Å²) in [4.78, 5) is 27.1. The van der Waals surface area contributed by atoms with Gasteiger partial charge in [-0.1, -0.05) is 31.0 Å². The van der Waals surface area contributed by atoms with E-state index in [2.05, 4.69) is 10.3 Å². The van der Waals surface area contributed by atoms with Gasteiger partial charge in [-0.3, -0.25) is 9.59 Å². The van der Waals surface area contributed by atoms with Gasteiger partial charge in [0.25, 0.3) is 0 Å². The Morgan fingerprint density at radius 1 is 1.26 bits per heavy atom. The molecule has 0 unspecified atom stereocenters. The molecule has 5 heteroatoms. The zero-order valence-corrected chi connectivity index (χ0v) is 13.2. The van der Waals surface area contributed by atoms with Gasteiger partial charge in [0, 0.05) is 29.9 Å². The highest BCUT2D eigenvalue weighted by atomic mass is 16.2. The van der Waals surface area contributed by atoms with Crippen LogP contribution in [0.15, 0.2) is 30.5 Å². The number of carbonyl (C=O) groups excluding carboxylic acids is 2. The van der Waals surface area contributed by atoms with Crippen LogP contribution < -0.4 is 11.1 Å². The summed E-state index contributed by atoms with van der Waals surface area (Å²) in [6.45, 7) is 0. The third kappa shape index (κ3) is 3.73. The Kier molecular flexibility index (Phi) is 4.65. The average molecular weight is 313 g/mol. The van der Waals surface area contributed by atoms with E-state index in [1.165, 1.54) is 12.8 Å². The summed E-state index contributed by atoms with van der Waals surface area (Å²) in [7, 11) is 0. The highest BCUT2D eigenvalue weighted by Gasteiger charge is 2.23. The minimum absolute atomic E-state index is 0.0689. The van der Waals surface area contributed by atoms with E-state index in [1.54, 1.807) is 0 Å². The maximum atomic E-state index is 12.2. The number of amides is 2. The number of hydrogen-bond donors (Lipinski definition) is 3. The van der Waals surface area contributed by atoms with Gasteiger partial charge in [-0.2, -0.15) is 0 Å². The topological polar surface area (TPSA) is 88.0 Å². The number of carbonyl (C=O) groups is 2. The van der Waals surface area contributed by atoms with E-state index >= 15 is 0 Å². The van der Waals surface area contributed by atoms with Gasteiger partial charge in [0.15, 0.2) is 0 Å². The molecule has 1 heterocycles. The lowest BCUT2D eigenvalue weighted by molar-refractivity contribution is -0.127. The molecular formula is C18H23N3O2. The summed E-state index contributed by atoms with van der Waals surface area (Å²) in [5, 5.41) is 3.88. The Hall–Kier alpha value is -2.30. The van der Waals surface area contributed by atoms with Crippen LogP contribution >= 0.6 is 0 Å². The van der Waals surface area contributed by atoms with Crippen LogP contribution in [0, 0.1) is 5.92 Å². The van der Waals surface area contributed by atoms with Gasteiger partial charge in [0.05, 0.1) is 0 Å². The highest BCUT2D eigenvalue weighted by Crippen LogP contribution is 2.27. The molecule has 0 bridgehead atoms. The molecule has 1 fully saturated rings. The summed E-state index contributed by atoms with van der Waals surface area (Å²) in [5.41, 5.74) is 7.50. The fraction of sp³-hybridized carbons (Fsp3) is 0.444. The van der Waals surface area contributed by atoms with E-state index in [-0.39, 0.29) is 5.91 Å². The van der Waals surface area contributed by atoms with Gasteiger partial charge >= 0.3 is 0 Å². The number of para-hydroxylation sites is 1. The standard InChI is InChI=1S/C18H23N3O2/c19-18(23)16(21-17(22)9-12-5-1-2-6-12)10-13-11-20-15-8-4-3-7-14(13)15/h3-4,7-8,11-12,16,20H,1-2,5-6,9-10H2,(H2,19,23)(H,21,22)/t16-/m1/s1. The summed E-state index contributed by atoms with van der Waals surface area (Å²) in [6.07, 6.45) is 7.41. The molecule has 23 heavy (non-hydrogen) atoms. The van der Waals surface area contributed by atoms with Crippen LogP contribution in [0.2, 0.25) is 0 Å². The molecule has 1 aliphatic carbocycles. The molecule has 1 saturated carbocycles. The van der Waals surface area contributed by atoms with Crippen molar-refractivity contribution in [3.63, 3.8) is 0 Å². The van der Waals surface area contributed by atoms with Crippen molar-refractivity contribution in [1.29, 1.82) is 0 Å². The molecule has 1 atom stereocenters. The molecule has 0 radical (unpaired) electrons.